The number of carbonyl (C=O) groups excluding carboxylic acids is 1. The van der Waals surface area contributed by atoms with E-state index in [0.717, 1.165) is 32.4 Å². The first-order chi connectivity index (χ1) is 19.8. The van der Waals surface area contributed by atoms with Crippen molar-refractivity contribution in [3.8, 4) is 0 Å². The van der Waals surface area contributed by atoms with Gasteiger partial charge < -0.3 is 14.8 Å². The average Bonchev–Trinajstić information content (AvgIpc) is 3.62. The third-order valence-electron chi connectivity index (χ3n) is 8.71. The van der Waals surface area contributed by atoms with Crippen LogP contribution in [0.1, 0.15) is 65.8 Å². The molecule has 2 heterocycles. The number of hydrogen-bond donors (Lipinski definition) is 1. The Kier molecular flexibility index (Phi) is 8.37. The van der Waals surface area contributed by atoms with Gasteiger partial charge >= 0.3 is 12.4 Å². The van der Waals surface area contributed by atoms with Gasteiger partial charge in [-0.3, -0.25) is 4.79 Å². The summed E-state index contributed by atoms with van der Waals surface area (Å²) in [5, 5.41) is 10.3. The van der Waals surface area contributed by atoms with E-state index in [4.69, 9.17) is 0 Å². The summed E-state index contributed by atoms with van der Waals surface area (Å²) in [6.45, 7) is 3.64. The van der Waals surface area contributed by atoms with Crippen LogP contribution in [-0.2, 0) is 30.2 Å². The monoisotopic (exact) mass is 593 g/mol. The molecule has 1 saturated carbocycles. The largest absolute Gasteiger partial charge is 0.416 e. The van der Waals surface area contributed by atoms with Crippen LogP contribution in [0.15, 0.2) is 55.1 Å². The van der Waals surface area contributed by atoms with Crippen LogP contribution in [-0.4, -0.2) is 44.7 Å². The fraction of sp³-hybridized carbons (Fsp3) is 0.500. The van der Waals surface area contributed by atoms with E-state index >= 15 is 0 Å². The van der Waals surface area contributed by atoms with Gasteiger partial charge in [0.05, 0.1) is 16.5 Å². The van der Waals surface area contributed by atoms with E-state index in [1.54, 1.807) is 4.57 Å². The minimum atomic E-state index is -4.96. The Bertz CT molecular complexity index is 1330. The molecule has 3 aromatic rings. The number of halogens is 6. The molecule has 5 rings (SSSR count). The zero-order chi connectivity index (χ0) is 30.1. The number of hydrogen-bond acceptors (Lipinski definition) is 4. The number of carbonyl (C=O) groups is 1. The van der Waals surface area contributed by atoms with Gasteiger partial charge in [-0.1, -0.05) is 29.8 Å². The Labute approximate surface area is 240 Å². The van der Waals surface area contributed by atoms with Gasteiger partial charge in [-0.2, -0.15) is 26.3 Å². The summed E-state index contributed by atoms with van der Waals surface area (Å²) in [6, 6.07) is 10.1. The number of nitrogens with zero attached hydrogens (tertiary/aromatic N) is 4. The van der Waals surface area contributed by atoms with Crippen LogP contribution in [0.4, 0.5) is 26.3 Å². The third-order valence-corrected chi connectivity index (χ3v) is 8.71. The highest BCUT2D eigenvalue weighted by Gasteiger charge is 2.47. The molecular weight excluding hydrogens is 560 g/mol. The van der Waals surface area contributed by atoms with Gasteiger partial charge in [-0.15, -0.1) is 10.2 Å². The van der Waals surface area contributed by atoms with Crippen LogP contribution >= 0.6 is 0 Å². The van der Waals surface area contributed by atoms with Gasteiger partial charge in [0.15, 0.2) is 0 Å². The van der Waals surface area contributed by atoms with Gasteiger partial charge in [0.2, 0.25) is 5.91 Å². The lowest BCUT2D eigenvalue weighted by molar-refractivity contribution is -0.143. The number of nitrogens with one attached hydrogen (secondary N) is 1. The molecule has 1 aliphatic carbocycles. The molecule has 2 aromatic carbocycles. The molecule has 1 saturated heterocycles. The summed E-state index contributed by atoms with van der Waals surface area (Å²) in [5.74, 6) is 0.0709. The lowest BCUT2D eigenvalue weighted by atomic mass is 9.83. The SMILES string of the molecule is Cc1ccc(C2CCN(C3CCC(Cn4cnnc4)(C(=O)NCc4cc(C(F)(F)F)cc(C(F)(F)F)c4)C3)CC2)cc1. The van der Waals surface area contributed by atoms with Crippen molar-refractivity contribution < 1.29 is 31.1 Å². The number of amides is 1. The predicted octanol–water partition coefficient (Wildman–Crippen LogP) is 6.36. The summed E-state index contributed by atoms with van der Waals surface area (Å²) in [4.78, 5) is 16.1. The zero-order valence-corrected chi connectivity index (χ0v) is 23.2. The third kappa shape index (κ3) is 6.79. The van der Waals surface area contributed by atoms with Crippen molar-refractivity contribution in [2.45, 2.75) is 76.4 Å². The van der Waals surface area contributed by atoms with Gasteiger partial charge in [-0.05, 0) is 87.4 Å². The summed E-state index contributed by atoms with van der Waals surface area (Å²) in [7, 11) is 0. The summed E-state index contributed by atoms with van der Waals surface area (Å²) < 4.78 is 81.7. The number of benzene rings is 2. The van der Waals surface area contributed by atoms with E-state index < -0.39 is 41.3 Å². The first-order valence-corrected chi connectivity index (χ1v) is 14.0. The topological polar surface area (TPSA) is 63.1 Å². The number of piperidine rings is 1. The maximum atomic E-state index is 13.7. The summed E-state index contributed by atoms with van der Waals surface area (Å²) >= 11 is 0. The lowest BCUT2D eigenvalue weighted by Gasteiger charge is -2.37. The molecule has 42 heavy (non-hydrogen) atoms. The van der Waals surface area contributed by atoms with E-state index in [2.05, 4.69) is 51.6 Å². The minimum absolute atomic E-state index is 0.0857. The van der Waals surface area contributed by atoms with E-state index in [1.807, 2.05) is 0 Å². The molecule has 2 aliphatic rings. The molecule has 2 atom stereocenters. The highest BCUT2D eigenvalue weighted by molar-refractivity contribution is 5.83. The van der Waals surface area contributed by atoms with Crippen LogP contribution in [0.2, 0.25) is 0 Å². The Morgan fingerprint density at radius 1 is 0.929 bits per heavy atom. The van der Waals surface area contributed by atoms with Crippen molar-refractivity contribution in [2.24, 2.45) is 5.41 Å². The van der Waals surface area contributed by atoms with Crippen LogP contribution in [0.25, 0.3) is 0 Å². The minimum Gasteiger partial charge on any atom is -0.351 e. The fourth-order valence-corrected chi connectivity index (χ4v) is 6.41. The molecule has 12 heteroatoms. The summed E-state index contributed by atoms with van der Waals surface area (Å²) in [6.07, 6.45) is -3.12. The maximum absolute atomic E-state index is 13.7. The molecule has 1 aliphatic heterocycles. The molecule has 6 nitrogen and oxygen atoms in total. The van der Waals surface area contributed by atoms with E-state index in [1.165, 1.54) is 23.8 Å². The molecule has 0 bridgehead atoms. The van der Waals surface area contributed by atoms with E-state index in [-0.39, 0.29) is 24.2 Å². The van der Waals surface area contributed by atoms with Crippen LogP contribution in [0, 0.1) is 12.3 Å². The average molecular weight is 594 g/mol. The van der Waals surface area contributed by atoms with Crippen molar-refractivity contribution in [1.82, 2.24) is 25.0 Å². The van der Waals surface area contributed by atoms with Crippen molar-refractivity contribution >= 4 is 5.91 Å². The van der Waals surface area contributed by atoms with Crippen molar-refractivity contribution in [3.63, 3.8) is 0 Å². The van der Waals surface area contributed by atoms with Crippen LogP contribution in [0.5, 0.6) is 0 Å². The van der Waals surface area contributed by atoms with Crippen molar-refractivity contribution in [1.29, 1.82) is 0 Å². The molecule has 1 amide bonds. The molecular formula is C30H33F6N5O. The highest BCUT2D eigenvalue weighted by Crippen LogP contribution is 2.44. The predicted molar refractivity (Wildman–Crippen MR) is 143 cm³/mol. The Balaban J connectivity index is 1.29. The highest BCUT2D eigenvalue weighted by atomic mass is 19.4. The number of likely N-dealkylation sites (tertiary alicyclic amines) is 1. The molecule has 1 N–H and O–H groups in total. The molecule has 0 spiro atoms. The number of aromatic nitrogens is 3. The van der Waals surface area contributed by atoms with Crippen molar-refractivity contribution in [2.75, 3.05) is 13.1 Å². The molecule has 0 radical (unpaired) electrons. The van der Waals surface area contributed by atoms with Gasteiger partial charge in [0, 0.05) is 19.1 Å². The van der Waals surface area contributed by atoms with E-state index in [0.29, 0.717) is 30.9 Å². The first kappa shape index (κ1) is 30.1. The Morgan fingerprint density at radius 3 is 2.10 bits per heavy atom. The smallest absolute Gasteiger partial charge is 0.351 e. The summed E-state index contributed by atoms with van der Waals surface area (Å²) in [5.41, 5.74) is -1.44. The zero-order valence-electron chi connectivity index (χ0n) is 23.2. The molecule has 226 valence electrons. The Morgan fingerprint density at radius 2 is 1.52 bits per heavy atom. The molecule has 2 fully saturated rings. The van der Waals surface area contributed by atoms with Gasteiger partial charge in [0.1, 0.15) is 12.7 Å². The fourth-order valence-electron chi connectivity index (χ4n) is 6.41. The number of rotatable bonds is 7. The maximum Gasteiger partial charge on any atom is 0.416 e. The van der Waals surface area contributed by atoms with Gasteiger partial charge in [-0.25, -0.2) is 0 Å². The van der Waals surface area contributed by atoms with Crippen molar-refractivity contribution in [3.05, 3.63) is 82.9 Å². The first-order valence-electron chi connectivity index (χ1n) is 14.0. The number of aryl methyl sites for hydroxylation is 1. The Hall–Kier alpha value is -3.41. The normalized spacial score (nSPS) is 22.4. The molecule has 2 unspecified atom stereocenters. The second kappa shape index (κ2) is 11.7. The lowest BCUT2D eigenvalue weighted by Crippen LogP contribution is -2.45. The van der Waals surface area contributed by atoms with Gasteiger partial charge in [0.25, 0.3) is 0 Å². The second-order valence-electron chi connectivity index (χ2n) is 11.6. The quantitative estimate of drug-likeness (QED) is 0.324. The standard InChI is InChI=1S/C30H33F6N5O/c1-20-2-4-22(5-3-20)23-7-10-41(11-8-23)26-6-9-28(15-26,17-40-18-38-39-19-40)27(42)37-16-21-12-24(29(31,32)33)14-25(13-21)30(34,35)36/h2-5,12-14,18-19,23,26H,6-11,15-17H2,1H3,(H,37,42). The van der Waals surface area contributed by atoms with Crippen LogP contribution < -0.4 is 5.32 Å². The van der Waals surface area contributed by atoms with Crippen LogP contribution in [0.3, 0.4) is 0 Å². The number of alkyl halides is 6. The second-order valence-corrected chi connectivity index (χ2v) is 11.6. The molecule has 1 aromatic heterocycles. The van der Waals surface area contributed by atoms with E-state index in [9.17, 15) is 31.1 Å².